The maximum atomic E-state index is 10.7. The summed E-state index contributed by atoms with van der Waals surface area (Å²) < 4.78 is 0. The monoisotopic (exact) mass is 157 g/mol. The molecule has 0 rings (SSSR count). The Morgan fingerprint density at radius 2 is 1.82 bits per heavy atom. The van der Waals surface area contributed by atoms with Gasteiger partial charge in [0.05, 0.1) is 0 Å². The third-order valence-electron chi connectivity index (χ3n) is 1.44. The number of amides is 1. The lowest BCUT2D eigenvalue weighted by Crippen LogP contribution is -2.24. The van der Waals surface area contributed by atoms with E-state index < -0.39 is 0 Å². The van der Waals surface area contributed by atoms with Crippen molar-refractivity contribution < 1.29 is 9.59 Å². The molecule has 0 fully saturated rings. The van der Waals surface area contributed by atoms with E-state index in [9.17, 15) is 9.59 Å². The highest BCUT2D eigenvalue weighted by Crippen LogP contribution is 1.86. The molecular formula is C8H15NO2. The van der Waals surface area contributed by atoms with Gasteiger partial charge < -0.3 is 5.32 Å². The summed E-state index contributed by atoms with van der Waals surface area (Å²) in [5, 5.41) is 2.64. The summed E-state index contributed by atoms with van der Waals surface area (Å²) in [6.45, 7) is 4.10. The number of carbonyl (C=O) groups excluding carboxylic acids is 2. The molecule has 0 aromatic heterocycles. The van der Waals surface area contributed by atoms with Crippen molar-refractivity contribution in [3.63, 3.8) is 0 Å². The van der Waals surface area contributed by atoms with E-state index in [-0.39, 0.29) is 11.7 Å². The van der Waals surface area contributed by atoms with Crippen LogP contribution in [0.25, 0.3) is 0 Å². The van der Waals surface area contributed by atoms with E-state index >= 15 is 0 Å². The average molecular weight is 157 g/mol. The van der Waals surface area contributed by atoms with Crippen molar-refractivity contribution in [2.75, 3.05) is 6.54 Å². The minimum absolute atomic E-state index is 0.00824. The first kappa shape index (κ1) is 10.1. The summed E-state index contributed by atoms with van der Waals surface area (Å²) in [4.78, 5) is 21.4. The number of nitrogens with one attached hydrogen (secondary N) is 1. The van der Waals surface area contributed by atoms with E-state index in [4.69, 9.17) is 0 Å². The van der Waals surface area contributed by atoms with Gasteiger partial charge in [0.1, 0.15) is 5.78 Å². The number of Topliss-reactive ketones (excluding diaryl/α,β-unsaturated/α-hetero) is 1. The number of hydrogen-bond acceptors (Lipinski definition) is 2. The van der Waals surface area contributed by atoms with Gasteiger partial charge in [-0.2, -0.15) is 0 Å². The maximum Gasteiger partial charge on any atom is 0.219 e. The minimum atomic E-state index is 0.00824. The average Bonchev–Trinajstić information content (AvgIpc) is 2.04. The maximum absolute atomic E-state index is 10.7. The van der Waals surface area contributed by atoms with Gasteiger partial charge in [0.15, 0.2) is 0 Å². The van der Waals surface area contributed by atoms with Crippen LogP contribution in [0.2, 0.25) is 0 Å². The lowest BCUT2D eigenvalue weighted by atomic mass is 10.2. The Balaban J connectivity index is 3.27. The molecule has 0 aromatic rings. The predicted molar refractivity (Wildman–Crippen MR) is 43.2 cm³/mol. The number of hydrogen-bond donors (Lipinski definition) is 1. The summed E-state index contributed by atoms with van der Waals surface area (Å²) in [6.07, 6.45) is 1.50. The van der Waals surface area contributed by atoms with Crippen LogP contribution in [0.1, 0.15) is 33.1 Å². The Bertz CT molecular complexity index is 127. The summed E-state index contributed by atoms with van der Waals surface area (Å²) >= 11 is 0. The molecule has 0 aliphatic rings. The van der Waals surface area contributed by atoms with Crippen LogP contribution in [0.3, 0.4) is 0 Å². The molecule has 0 aliphatic heterocycles. The van der Waals surface area contributed by atoms with E-state index in [0.717, 1.165) is 0 Å². The molecule has 0 atom stereocenters. The fourth-order valence-corrected chi connectivity index (χ4v) is 0.643. The standard InChI is InChI=1S/C8H15NO2/c1-3-7(10)5-6-9-8(11)4-2/h3-6H2,1-2H3,(H,9,11). The van der Waals surface area contributed by atoms with Crippen LogP contribution in [0, 0.1) is 0 Å². The van der Waals surface area contributed by atoms with Crippen molar-refractivity contribution >= 4 is 11.7 Å². The van der Waals surface area contributed by atoms with Crippen molar-refractivity contribution in [2.45, 2.75) is 33.1 Å². The van der Waals surface area contributed by atoms with Gasteiger partial charge in [-0.1, -0.05) is 13.8 Å². The first-order valence-corrected chi connectivity index (χ1v) is 3.99. The molecule has 1 N–H and O–H groups in total. The largest absolute Gasteiger partial charge is 0.356 e. The normalized spacial score (nSPS) is 9.27. The highest BCUT2D eigenvalue weighted by Gasteiger charge is 1.99. The van der Waals surface area contributed by atoms with Crippen LogP contribution >= 0.6 is 0 Å². The van der Waals surface area contributed by atoms with Crippen LogP contribution in [0.15, 0.2) is 0 Å². The Hall–Kier alpha value is -0.860. The van der Waals surface area contributed by atoms with Gasteiger partial charge in [-0.05, 0) is 0 Å². The fraction of sp³-hybridized carbons (Fsp3) is 0.750. The van der Waals surface area contributed by atoms with Gasteiger partial charge >= 0.3 is 0 Å². The van der Waals surface area contributed by atoms with Crippen LogP contribution in [0.4, 0.5) is 0 Å². The molecule has 0 radical (unpaired) electrons. The second-order valence-corrected chi connectivity index (χ2v) is 2.35. The van der Waals surface area contributed by atoms with Crippen LogP contribution in [0.5, 0.6) is 0 Å². The summed E-state index contributed by atoms with van der Waals surface area (Å²) in [6, 6.07) is 0. The van der Waals surface area contributed by atoms with E-state index in [1.54, 1.807) is 6.92 Å². The van der Waals surface area contributed by atoms with E-state index in [2.05, 4.69) is 5.32 Å². The quantitative estimate of drug-likeness (QED) is 0.644. The van der Waals surface area contributed by atoms with Gasteiger partial charge in [-0.25, -0.2) is 0 Å². The smallest absolute Gasteiger partial charge is 0.219 e. The molecule has 0 unspecified atom stereocenters. The molecule has 1 amide bonds. The van der Waals surface area contributed by atoms with Crippen molar-refractivity contribution in [3.8, 4) is 0 Å². The Morgan fingerprint density at radius 1 is 1.18 bits per heavy atom. The fourth-order valence-electron chi connectivity index (χ4n) is 0.643. The van der Waals surface area contributed by atoms with Crippen molar-refractivity contribution in [1.29, 1.82) is 0 Å². The van der Waals surface area contributed by atoms with Gasteiger partial charge in [0, 0.05) is 25.8 Å². The van der Waals surface area contributed by atoms with Crippen LogP contribution in [-0.2, 0) is 9.59 Å². The molecule has 11 heavy (non-hydrogen) atoms. The van der Waals surface area contributed by atoms with E-state index in [1.807, 2.05) is 6.92 Å². The molecule has 0 aliphatic carbocycles. The SMILES string of the molecule is CCC(=O)CCNC(=O)CC. The first-order valence-electron chi connectivity index (χ1n) is 3.99. The molecule has 3 nitrogen and oxygen atoms in total. The molecule has 0 aromatic carbocycles. The molecule has 0 spiro atoms. The Morgan fingerprint density at radius 3 is 2.27 bits per heavy atom. The van der Waals surface area contributed by atoms with Gasteiger partial charge in [0.25, 0.3) is 0 Å². The molecular weight excluding hydrogens is 142 g/mol. The zero-order valence-corrected chi connectivity index (χ0v) is 7.14. The third kappa shape index (κ3) is 5.58. The zero-order chi connectivity index (χ0) is 8.69. The number of carbonyl (C=O) groups is 2. The van der Waals surface area contributed by atoms with Crippen LogP contribution in [-0.4, -0.2) is 18.2 Å². The summed E-state index contributed by atoms with van der Waals surface area (Å²) in [5.41, 5.74) is 0. The van der Waals surface area contributed by atoms with Gasteiger partial charge in [-0.3, -0.25) is 9.59 Å². The second kappa shape index (κ2) is 5.89. The second-order valence-electron chi connectivity index (χ2n) is 2.35. The highest BCUT2D eigenvalue weighted by atomic mass is 16.1. The molecule has 0 heterocycles. The number of rotatable bonds is 5. The highest BCUT2D eigenvalue weighted by molar-refractivity contribution is 5.79. The van der Waals surface area contributed by atoms with Crippen molar-refractivity contribution in [2.24, 2.45) is 0 Å². The van der Waals surface area contributed by atoms with E-state index in [0.29, 0.717) is 25.8 Å². The van der Waals surface area contributed by atoms with Crippen molar-refractivity contribution in [1.82, 2.24) is 5.32 Å². The van der Waals surface area contributed by atoms with Gasteiger partial charge in [-0.15, -0.1) is 0 Å². The summed E-state index contributed by atoms with van der Waals surface area (Å²) in [7, 11) is 0. The lowest BCUT2D eigenvalue weighted by Gasteiger charge is -2.00. The van der Waals surface area contributed by atoms with E-state index in [1.165, 1.54) is 0 Å². The summed E-state index contributed by atoms with van der Waals surface area (Å²) in [5.74, 6) is 0.204. The first-order chi connectivity index (χ1) is 5.20. The lowest BCUT2D eigenvalue weighted by molar-refractivity contribution is -0.121. The minimum Gasteiger partial charge on any atom is -0.356 e. The predicted octanol–water partition coefficient (Wildman–Crippen LogP) is 0.882. The van der Waals surface area contributed by atoms with Gasteiger partial charge in [0.2, 0.25) is 5.91 Å². The number of ketones is 1. The Kier molecular flexibility index (Phi) is 5.43. The zero-order valence-electron chi connectivity index (χ0n) is 7.14. The molecule has 64 valence electrons. The third-order valence-corrected chi connectivity index (χ3v) is 1.44. The van der Waals surface area contributed by atoms with Crippen molar-refractivity contribution in [3.05, 3.63) is 0 Å². The molecule has 0 saturated heterocycles. The van der Waals surface area contributed by atoms with Crippen LogP contribution < -0.4 is 5.32 Å². The molecule has 0 bridgehead atoms. The Labute approximate surface area is 67.2 Å². The molecule has 3 heteroatoms. The topological polar surface area (TPSA) is 46.2 Å². The molecule has 0 saturated carbocycles.